The molecule has 49 heavy (non-hydrogen) atoms. The van der Waals surface area contributed by atoms with Crippen LogP contribution in [-0.2, 0) is 17.1 Å². The Kier molecular flexibility index (Phi) is 7.98. The van der Waals surface area contributed by atoms with Gasteiger partial charge in [0.25, 0.3) is 0 Å². The summed E-state index contributed by atoms with van der Waals surface area (Å²) < 4.78 is 2.41. The van der Waals surface area contributed by atoms with Crippen molar-refractivity contribution in [2.75, 3.05) is 0 Å². The third kappa shape index (κ3) is 5.66. The summed E-state index contributed by atoms with van der Waals surface area (Å²) in [6.45, 7) is 0. The molecular weight excluding hydrogens is 648 g/mol. The van der Waals surface area contributed by atoms with Crippen molar-refractivity contribution < 1.29 is 17.1 Å². The fraction of sp³-hybridized carbons (Fsp3) is 0. The molecule has 1 radical (unpaired) electrons. The molecule has 0 unspecified atom stereocenters. The van der Waals surface area contributed by atoms with Gasteiger partial charge in [-0.1, -0.05) is 109 Å². The summed E-state index contributed by atoms with van der Waals surface area (Å²) in [6.07, 6.45) is 8.44. The molecule has 9 rings (SSSR count). The Bertz CT molecular complexity index is 2530. The number of hydrogen-bond donors (Lipinski definition) is 1. The van der Waals surface area contributed by atoms with Crippen LogP contribution in [0.2, 0.25) is 0 Å². The molecule has 0 saturated carbocycles. The maximum atomic E-state index is 5.29. The molecule has 4 nitrogen and oxygen atoms in total. The van der Waals surface area contributed by atoms with Crippen LogP contribution in [0, 0.1) is 0 Å². The zero-order valence-corrected chi connectivity index (χ0v) is 27.3. The van der Waals surface area contributed by atoms with Crippen LogP contribution in [0.4, 0.5) is 0 Å². The molecule has 0 amide bonds. The van der Waals surface area contributed by atoms with Gasteiger partial charge in [-0.25, -0.2) is 9.97 Å². The number of nitrogens with zero attached hydrogens (tertiary/aromatic N) is 3. The average Bonchev–Trinajstić information content (AvgIpc) is 3.95. The van der Waals surface area contributed by atoms with Crippen molar-refractivity contribution in [3.63, 3.8) is 0 Å². The molecule has 3 aromatic heterocycles. The van der Waals surface area contributed by atoms with Gasteiger partial charge < -0.3 is 9.55 Å². The summed E-state index contributed by atoms with van der Waals surface area (Å²) in [7, 11) is 0. The zero-order chi connectivity index (χ0) is 31.9. The van der Waals surface area contributed by atoms with Crippen LogP contribution >= 0.6 is 0 Å². The molecule has 0 fully saturated rings. The van der Waals surface area contributed by atoms with Gasteiger partial charge in [0.1, 0.15) is 0 Å². The van der Waals surface area contributed by atoms with Crippen LogP contribution in [0.15, 0.2) is 152 Å². The van der Waals surface area contributed by atoms with E-state index in [2.05, 4.69) is 186 Å². The van der Waals surface area contributed by atoms with Gasteiger partial charge in [0.2, 0.25) is 0 Å². The summed E-state index contributed by atoms with van der Waals surface area (Å²) in [4.78, 5) is 13.9. The summed E-state index contributed by atoms with van der Waals surface area (Å²) in [5.74, 6) is 0. The Labute approximate surface area is 295 Å². The monoisotopic (exact) mass is 677 g/mol. The van der Waals surface area contributed by atoms with E-state index in [1.807, 2.05) is 0 Å². The van der Waals surface area contributed by atoms with E-state index in [0.717, 1.165) is 83.9 Å². The number of hydrogen-bond acceptors (Lipinski definition) is 2. The van der Waals surface area contributed by atoms with Crippen molar-refractivity contribution >= 4 is 46.4 Å². The van der Waals surface area contributed by atoms with E-state index in [1.165, 1.54) is 0 Å². The molecule has 8 bridgehead atoms. The van der Waals surface area contributed by atoms with Gasteiger partial charge in [-0.15, -0.1) is 0 Å². The predicted molar refractivity (Wildman–Crippen MR) is 200 cm³/mol. The Morgan fingerprint density at radius 3 is 1.49 bits per heavy atom. The van der Waals surface area contributed by atoms with Crippen molar-refractivity contribution in [3.8, 4) is 39.1 Å². The Balaban J connectivity index is 0.00000348. The first-order valence-electron chi connectivity index (χ1n) is 16.2. The minimum absolute atomic E-state index is 0. The van der Waals surface area contributed by atoms with Crippen molar-refractivity contribution in [2.24, 2.45) is 0 Å². The van der Waals surface area contributed by atoms with Crippen LogP contribution in [0.1, 0.15) is 22.8 Å². The fourth-order valence-corrected chi connectivity index (χ4v) is 6.81. The van der Waals surface area contributed by atoms with Gasteiger partial charge >= 0.3 is 0 Å². The van der Waals surface area contributed by atoms with Crippen LogP contribution in [-0.4, -0.2) is 19.5 Å². The summed E-state index contributed by atoms with van der Waals surface area (Å²) in [6, 6.07) is 53.3. The van der Waals surface area contributed by atoms with Crippen LogP contribution in [0.3, 0.4) is 0 Å². The SMILES string of the molecule is C1=Cc2cc3c(-c4ccccc4)c(-c4ccccc4)c(c(-c4ccccc4)c4nc(cc5ccc(cc1n2)[nH]5)C=C4)n3-c1ccccc1.[Cu]. The molecule has 5 heteroatoms. The fourth-order valence-electron chi connectivity index (χ4n) is 6.81. The molecular formula is C44H30CuN4. The molecule has 0 saturated heterocycles. The van der Waals surface area contributed by atoms with Crippen LogP contribution in [0.5, 0.6) is 0 Å². The molecule has 0 aliphatic carbocycles. The smallest absolute Gasteiger partial charge is 0.0737 e. The second-order valence-corrected chi connectivity index (χ2v) is 12.0. The maximum absolute atomic E-state index is 5.29. The number of H-pyrrole nitrogens is 1. The molecule has 0 atom stereocenters. The normalized spacial score (nSPS) is 11.8. The van der Waals surface area contributed by atoms with Crippen molar-refractivity contribution in [1.82, 2.24) is 19.5 Å². The number of rotatable bonds is 4. The van der Waals surface area contributed by atoms with Gasteiger partial charge in [-0.2, -0.15) is 0 Å². The summed E-state index contributed by atoms with van der Waals surface area (Å²) >= 11 is 0. The average molecular weight is 678 g/mol. The van der Waals surface area contributed by atoms with Crippen molar-refractivity contribution in [1.29, 1.82) is 0 Å². The van der Waals surface area contributed by atoms with E-state index >= 15 is 0 Å². The molecule has 2 aliphatic heterocycles. The number of aromatic nitrogens is 4. The maximum Gasteiger partial charge on any atom is 0.0737 e. The van der Waals surface area contributed by atoms with Crippen molar-refractivity contribution in [2.45, 2.75) is 0 Å². The largest absolute Gasteiger partial charge is 0.355 e. The third-order valence-electron chi connectivity index (χ3n) is 8.87. The van der Waals surface area contributed by atoms with E-state index in [0.29, 0.717) is 0 Å². The second-order valence-electron chi connectivity index (χ2n) is 12.0. The third-order valence-corrected chi connectivity index (χ3v) is 8.87. The quantitative estimate of drug-likeness (QED) is 0.188. The standard InChI is InChI=1S/C44H30N4.Cu/c1-5-13-30(14-6-1)41-39-26-25-36(47-39)28-35-22-21-33(45-35)27-34-23-24-37(46-34)29-40-42(31-15-7-2-8-16-31)43(32-17-9-3-10-18-32)44(41)48(40)38-19-11-4-12-20-38;/h1-29,45H;. The molecule has 4 aromatic carbocycles. The summed E-state index contributed by atoms with van der Waals surface area (Å²) in [5.41, 5.74) is 15.4. The first kappa shape index (κ1) is 30.3. The minimum atomic E-state index is 0. The second kappa shape index (κ2) is 12.9. The van der Waals surface area contributed by atoms with E-state index in [-0.39, 0.29) is 17.1 Å². The van der Waals surface area contributed by atoms with Crippen molar-refractivity contribution in [3.05, 3.63) is 174 Å². The number of benzene rings is 4. The molecule has 237 valence electrons. The molecule has 0 spiro atoms. The van der Waals surface area contributed by atoms with Gasteiger partial charge in [-0.05, 0) is 83.5 Å². The number of aromatic amines is 1. The van der Waals surface area contributed by atoms with Crippen LogP contribution < -0.4 is 0 Å². The topological polar surface area (TPSA) is 46.5 Å². The number of para-hydroxylation sites is 1. The Morgan fingerprint density at radius 2 is 0.898 bits per heavy atom. The Hall–Kier alpha value is -6.00. The molecule has 7 aromatic rings. The van der Waals surface area contributed by atoms with E-state index in [4.69, 9.17) is 9.97 Å². The summed E-state index contributed by atoms with van der Waals surface area (Å²) in [5, 5.41) is 0. The van der Waals surface area contributed by atoms with Gasteiger partial charge in [-0.3, -0.25) is 0 Å². The van der Waals surface area contributed by atoms with Gasteiger partial charge in [0.15, 0.2) is 0 Å². The van der Waals surface area contributed by atoms with E-state index in [9.17, 15) is 0 Å². The first-order valence-corrected chi connectivity index (χ1v) is 16.2. The van der Waals surface area contributed by atoms with Gasteiger partial charge in [0, 0.05) is 50.5 Å². The molecule has 1 N–H and O–H groups in total. The van der Waals surface area contributed by atoms with E-state index < -0.39 is 0 Å². The van der Waals surface area contributed by atoms with Gasteiger partial charge in [0.05, 0.1) is 33.8 Å². The molecule has 2 aliphatic rings. The van der Waals surface area contributed by atoms with Crippen LogP contribution in [0.25, 0.3) is 85.4 Å². The number of nitrogens with one attached hydrogen (secondary N) is 1. The minimum Gasteiger partial charge on any atom is -0.355 e. The zero-order valence-electron chi connectivity index (χ0n) is 26.4. The predicted octanol–water partition coefficient (Wildman–Crippen LogP) is 11.1. The van der Waals surface area contributed by atoms with E-state index in [1.54, 1.807) is 0 Å². The molecule has 5 heterocycles. The number of fused-ring (bicyclic) bond motifs is 8. The first-order chi connectivity index (χ1) is 23.8. The Morgan fingerprint density at radius 1 is 0.429 bits per heavy atom.